The highest BCUT2D eigenvalue weighted by atomic mass is 35.5. The minimum Gasteiger partial charge on any atom is -0.296 e. The lowest BCUT2D eigenvalue weighted by molar-refractivity contribution is 0.102. The maximum atomic E-state index is 12.6. The lowest BCUT2D eigenvalue weighted by atomic mass is 10.2. The minimum atomic E-state index is -3.77. The summed E-state index contributed by atoms with van der Waals surface area (Å²) in [6.07, 6.45) is 0. The van der Waals surface area contributed by atoms with Crippen molar-refractivity contribution >= 4 is 61.3 Å². The average Bonchev–Trinajstić information content (AvgIpc) is 3.23. The molecule has 0 unspecified atom stereocenters. The van der Waals surface area contributed by atoms with E-state index in [1.165, 1.54) is 41.7 Å². The van der Waals surface area contributed by atoms with Gasteiger partial charge in [-0.2, -0.15) is 0 Å². The summed E-state index contributed by atoms with van der Waals surface area (Å²) in [7, 11) is -3.77. The van der Waals surface area contributed by atoms with Crippen LogP contribution >= 0.6 is 34.5 Å². The van der Waals surface area contributed by atoms with Gasteiger partial charge >= 0.3 is 0 Å². The van der Waals surface area contributed by atoms with Crippen LogP contribution in [-0.4, -0.2) is 24.5 Å². The van der Waals surface area contributed by atoms with Crippen molar-refractivity contribution in [1.82, 2.24) is 10.2 Å². The summed E-state index contributed by atoms with van der Waals surface area (Å²) in [5.74, 6) is -0.494. The van der Waals surface area contributed by atoms with Crippen molar-refractivity contribution in [2.75, 3.05) is 10.0 Å². The van der Waals surface area contributed by atoms with Crippen LogP contribution in [-0.2, 0) is 10.0 Å². The molecule has 4 rings (SSSR count). The van der Waals surface area contributed by atoms with Crippen LogP contribution in [0.4, 0.5) is 10.8 Å². The summed E-state index contributed by atoms with van der Waals surface area (Å²) in [5, 5.41) is 12.3. The van der Waals surface area contributed by atoms with Crippen molar-refractivity contribution in [1.29, 1.82) is 0 Å². The van der Waals surface area contributed by atoms with Gasteiger partial charge < -0.3 is 0 Å². The molecule has 1 aromatic heterocycles. The maximum absolute atomic E-state index is 12.6. The van der Waals surface area contributed by atoms with E-state index in [0.717, 1.165) is 5.56 Å². The molecular weight excluding hydrogens is 491 g/mol. The van der Waals surface area contributed by atoms with E-state index in [4.69, 9.17) is 23.2 Å². The molecule has 4 aromatic rings. The number of hydrogen-bond acceptors (Lipinski definition) is 6. The number of amides is 1. The van der Waals surface area contributed by atoms with Crippen LogP contribution < -0.4 is 10.0 Å². The summed E-state index contributed by atoms with van der Waals surface area (Å²) in [6.45, 7) is 0. The Morgan fingerprint density at radius 1 is 0.906 bits per heavy atom. The second-order valence-electron chi connectivity index (χ2n) is 6.49. The van der Waals surface area contributed by atoms with Crippen LogP contribution in [0.15, 0.2) is 77.7 Å². The van der Waals surface area contributed by atoms with Crippen molar-refractivity contribution < 1.29 is 13.2 Å². The quantitative estimate of drug-likeness (QED) is 0.357. The number of aromatic nitrogens is 2. The van der Waals surface area contributed by atoms with E-state index < -0.39 is 15.9 Å². The number of anilines is 2. The highest BCUT2D eigenvalue weighted by Gasteiger charge is 2.17. The zero-order chi connectivity index (χ0) is 22.7. The van der Waals surface area contributed by atoms with Crippen molar-refractivity contribution in [3.05, 3.63) is 88.4 Å². The maximum Gasteiger partial charge on any atom is 0.261 e. The Morgan fingerprint density at radius 2 is 1.62 bits per heavy atom. The molecule has 3 aromatic carbocycles. The number of hydrogen-bond donors (Lipinski definition) is 2. The van der Waals surface area contributed by atoms with Crippen molar-refractivity contribution in [2.24, 2.45) is 0 Å². The molecule has 0 aliphatic carbocycles. The average molecular weight is 505 g/mol. The number of carbonyl (C=O) groups excluding carboxylic acids is 1. The first-order chi connectivity index (χ1) is 15.3. The molecule has 0 aliphatic heterocycles. The van der Waals surface area contributed by atoms with Gasteiger partial charge in [0.1, 0.15) is 5.01 Å². The first-order valence-electron chi connectivity index (χ1n) is 9.10. The van der Waals surface area contributed by atoms with Gasteiger partial charge in [-0.3, -0.25) is 14.8 Å². The van der Waals surface area contributed by atoms with Crippen LogP contribution in [0.1, 0.15) is 10.4 Å². The molecule has 1 heterocycles. The molecule has 0 bridgehead atoms. The number of carbonyl (C=O) groups is 1. The SMILES string of the molecule is O=C(Nc1nnc(-c2ccc(Cl)cc2)s1)c1ccc(NS(=O)(=O)c2ccccc2)cc1Cl. The molecule has 32 heavy (non-hydrogen) atoms. The lowest BCUT2D eigenvalue weighted by Gasteiger charge is -2.10. The summed E-state index contributed by atoms with van der Waals surface area (Å²) in [6, 6.07) is 19.3. The third kappa shape index (κ3) is 5.08. The molecule has 0 radical (unpaired) electrons. The zero-order valence-electron chi connectivity index (χ0n) is 16.1. The van der Waals surface area contributed by atoms with Crippen LogP contribution in [0.25, 0.3) is 10.6 Å². The fourth-order valence-electron chi connectivity index (χ4n) is 2.72. The predicted molar refractivity (Wildman–Crippen MR) is 127 cm³/mol. The Hall–Kier alpha value is -2.98. The first-order valence-corrected chi connectivity index (χ1v) is 12.2. The molecule has 1 amide bonds. The van der Waals surface area contributed by atoms with E-state index in [2.05, 4.69) is 20.2 Å². The summed E-state index contributed by atoms with van der Waals surface area (Å²) in [4.78, 5) is 12.7. The van der Waals surface area contributed by atoms with Crippen molar-refractivity contribution in [2.45, 2.75) is 4.90 Å². The molecule has 0 saturated carbocycles. The second-order valence-corrected chi connectivity index (χ2v) is 9.99. The van der Waals surface area contributed by atoms with Crippen LogP contribution in [0.5, 0.6) is 0 Å². The van der Waals surface area contributed by atoms with E-state index in [1.54, 1.807) is 42.5 Å². The topological polar surface area (TPSA) is 101 Å². The molecule has 2 N–H and O–H groups in total. The fraction of sp³-hybridized carbons (Fsp3) is 0. The molecule has 0 aliphatic rings. The second kappa shape index (κ2) is 9.25. The molecule has 11 heteroatoms. The predicted octanol–water partition coefficient (Wildman–Crippen LogP) is 5.57. The Labute approximate surface area is 198 Å². The summed E-state index contributed by atoms with van der Waals surface area (Å²) >= 11 is 13.3. The van der Waals surface area contributed by atoms with Gasteiger partial charge in [-0.05, 0) is 42.5 Å². The Kier molecular flexibility index (Phi) is 6.43. The number of nitrogens with one attached hydrogen (secondary N) is 2. The number of rotatable bonds is 6. The van der Waals surface area contributed by atoms with Gasteiger partial charge in [0.05, 0.1) is 21.2 Å². The zero-order valence-corrected chi connectivity index (χ0v) is 19.3. The Balaban J connectivity index is 1.47. The van der Waals surface area contributed by atoms with E-state index in [9.17, 15) is 13.2 Å². The highest BCUT2D eigenvalue weighted by Crippen LogP contribution is 2.29. The molecule has 0 fully saturated rings. The van der Waals surface area contributed by atoms with Gasteiger partial charge in [-0.1, -0.05) is 64.9 Å². The molecule has 0 atom stereocenters. The van der Waals surface area contributed by atoms with Gasteiger partial charge in [-0.15, -0.1) is 10.2 Å². The third-order valence-corrected chi connectivity index (χ3v) is 7.11. The van der Waals surface area contributed by atoms with Crippen LogP contribution in [0, 0.1) is 0 Å². The standard InChI is InChI=1S/C21H14Cl2N4O3S2/c22-14-8-6-13(7-9-14)20-25-26-21(31-20)24-19(28)17-11-10-15(12-18(17)23)27-32(29,30)16-4-2-1-3-5-16/h1-12,27H,(H,24,26,28). The summed E-state index contributed by atoms with van der Waals surface area (Å²) < 4.78 is 27.4. The first kappa shape index (κ1) is 22.2. The smallest absolute Gasteiger partial charge is 0.261 e. The Bertz CT molecular complexity index is 1380. The molecule has 7 nitrogen and oxygen atoms in total. The lowest BCUT2D eigenvalue weighted by Crippen LogP contribution is -2.14. The monoisotopic (exact) mass is 504 g/mol. The van der Waals surface area contributed by atoms with Gasteiger partial charge in [0.25, 0.3) is 15.9 Å². The molecular formula is C21H14Cl2N4O3S2. The highest BCUT2D eigenvalue weighted by molar-refractivity contribution is 7.92. The van der Waals surface area contributed by atoms with Crippen molar-refractivity contribution in [3.8, 4) is 10.6 Å². The van der Waals surface area contributed by atoms with Crippen LogP contribution in [0.3, 0.4) is 0 Å². The number of sulfonamides is 1. The third-order valence-electron chi connectivity index (χ3n) is 4.26. The van der Waals surface area contributed by atoms with Gasteiger partial charge in [-0.25, -0.2) is 8.42 Å². The normalized spacial score (nSPS) is 11.2. The van der Waals surface area contributed by atoms with Gasteiger partial charge in [0.15, 0.2) is 0 Å². The van der Waals surface area contributed by atoms with E-state index in [1.807, 2.05) is 0 Å². The number of benzene rings is 3. The summed E-state index contributed by atoms with van der Waals surface area (Å²) in [5.41, 5.74) is 1.22. The minimum absolute atomic E-state index is 0.0817. The van der Waals surface area contributed by atoms with E-state index >= 15 is 0 Å². The Morgan fingerprint density at radius 3 is 2.31 bits per heavy atom. The number of nitrogens with zero attached hydrogens (tertiary/aromatic N) is 2. The van der Waals surface area contributed by atoms with Gasteiger partial charge in [0.2, 0.25) is 5.13 Å². The van der Waals surface area contributed by atoms with Crippen molar-refractivity contribution in [3.63, 3.8) is 0 Å². The van der Waals surface area contributed by atoms with Crippen LogP contribution in [0.2, 0.25) is 10.0 Å². The largest absolute Gasteiger partial charge is 0.296 e. The van der Waals surface area contributed by atoms with Gasteiger partial charge in [0, 0.05) is 10.6 Å². The number of halogens is 2. The molecule has 0 spiro atoms. The molecule has 0 saturated heterocycles. The fourth-order valence-corrected chi connectivity index (χ4v) is 4.93. The van der Waals surface area contributed by atoms with E-state index in [0.29, 0.717) is 15.2 Å². The molecule has 162 valence electrons. The van der Waals surface area contributed by atoms with E-state index in [-0.39, 0.29) is 21.2 Å².